The molecule has 0 aliphatic heterocycles. The Morgan fingerprint density at radius 1 is 0.946 bits per heavy atom. The molecule has 3 aromatic carbocycles. The summed E-state index contributed by atoms with van der Waals surface area (Å²) in [5.41, 5.74) is 4.50. The summed E-state index contributed by atoms with van der Waals surface area (Å²) in [7, 11) is 0. The van der Waals surface area contributed by atoms with Gasteiger partial charge in [-0.1, -0.05) is 56.3 Å². The van der Waals surface area contributed by atoms with Crippen LogP contribution in [0.2, 0.25) is 0 Å². The Hall–Kier alpha value is -4.52. The Morgan fingerprint density at radius 2 is 1.73 bits per heavy atom. The largest absolute Gasteiger partial charge is 0.437 e. The van der Waals surface area contributed by atoms with Gasteiger partial charge < -0.3 is 15.1 Å². The topological polar surface area (TPSA) is 80.1 Å². The first-order chi connectivity index (χ1) is 18.0. The van der Waals surface area contributed by atoms with Gasteiger partial charge in [-0.3, -0.25) is 4.79 Å². The number of hydrogen-bond donors (Lipinski definition) is 2. The van der Waals surface area contributed by atoms with Crippen LogP contribution in [0.15, 0.2) is 89.6 Å². The van der Waals surface area contributed by atoms with E-state index >= 15 is 0 Å². The number of hydrogen-bond acceptors (Lipinski definition) is 5. The van der Waals surface area contributed by atoms with Crippen LogP contribution in [0, 0.1) is 11.7 Å². The van der Waals surface area contributed by atoms with Crippen LogP contribution in [-0.2, 0) is 11.2 Å². The van der Waals surface area contributed by atoms with Crippen molar-refractivity contribution in [3.8, 4) is 22.5 Å². The molecular formula is C30H27FN4O2. The zero-order chi connectivity index (χ0) is 25.8. The van der Waals surface area contributed by atoms with Crippen molar-refractivity contribution >= 4 is 28.5 Å². The van der Waals surface area contributed by atoms with Crippen molar-refractivity contribution in [2.24, 2.45) is 5.92 Å². The minimum atomic E-state index is -0.359. The number of halogens is 1. The fourth-order valence-corrected chi connectivity index (χ4v) is 4.19. The van der Waals surface area contributed by atoms with Crippen molar-refractivity contribution in [2.45, 2.75) is 20.3 Å². The second-order valence-electron chi connectivity index (χ2n) is 9.28. The number of fused-ring (bicyclic) bond motifs is 1. The zero-order valence-corrected chi connectivity index (χ0v) is 20.7. The van der Waals surface area contributed by atoms with Gasteiger partial charge >= 0.3 is 0 Å². The van der Waals surface area contributed by atoms with E-state index in [-0.39, 0.29) is 18.1 Å². The molecule has 5 aromatic rings. The van der Waals surface area contributed by atoms with Crippen molar-refractivity contribution < 1.29 is 13.6 Å². The second-order valence-corrected chi connectivity index (χ2v) is 9.28. The molecule has 2 aromatic heterocycles. The Balaban J connectivity index is 1.47. The van der Waals surface area contributed by atoms with Gasteiger partial charge in [0, 0.05) is 23.4 Å². The summed E-state index contributed by atoms with van der Waals surface area (Å²) in [4.78, 5) is 21.4. The molecule has 5 rings (SSSR count). The van der Waals surface area contributed by atoms with Crippen LogP contribution in [0.25, 0.3) is 33.6 Å². The lowest BCUT2D eigenvalue weighted by atomic mass is 9.99. The molecule has 0 spiro atoms. The second kappa shape index (κ2) is 10.6. The Morgan fingerprint density at radius 3 is 2.46 bits per heavy atom. The fraction of sp³-hybridized carbons (Fsp3) is 0.167. The molecule has 2 heterocycles. The van der Waals surface area contributed by atoms with E-state index in [1.807, 2.05) is 54.6 Å². The monoisotopic (exact) mass is 494 g/mol. The van der Waals surface area contributed by atoms with Crippen molar-refractivity contribution in [1.29, 1.82) is 0 Å². The summed E-state index contributed by atoms with van der Waals surface area (Å²) in [6, 6.07) is 23.5. The van der Waals surface area contributed by atoms with Crippen LogP contribution in [0.5, 0.6) is 0 Å². The summed E-state index contributed by atoms with van der Waals surface area (Å²) in [6.45, 7) is 5.05. The van der Waals surface area contributed by atoms with E-state index < -0.39 is 0 Å². The van der Waals surface area contributed by atoms with Gasteiger partial charge in [-0.25, -0.2) is 14.4 Å². The SMILES string of the molecule is CC(C)CNc1ncnc2oc(-c3ccc(NC(=O)Cc4cccc(F)c4)cc3)c(-c3ccccc3)c12. The van der Waals surface area contributed by atoms with Gasteiger partial charge in [-0.05, 0) is 53.4 Å². The van der Waals surface area contributed by atoms with Crippen molar-refractivity contribution in [1.82, 2.24) is 9.97 Å². The zero-order valence-electron chi connectivity index (χ0n) is 20.7. The van der Waals surface area contributed by atoms with Crippen molar-refractivity contribution in [3.63, 3.8) is 0 Å². The van der Waals surface area contributed by atoms with Gasteiger partial charge in [-0.15, -0.1) is 0 Å². The lowest BCUT2D eigenvalue weighted by molar-refractivity contribution is -0.115. The standard InChI is InChI=1S/C30H27FN4O2/c1-19(2)17-32-29-27-26(21-8-4-3-5-9-21)28(37-30(27)34-18-33-29)22-11-13-24(14-12-22)35-25(36)16-20-7-6-10-23(31)15-20/h3-15,18-19H,16-17H2,1-2H3,(H,35,36)(H,32,33,34). The molecule has 0 fully saturated rings. The van der Waals surface area contributed by atoms with Crippen molar-refractivity contribution in [2.75, 3.05) is 17.2 Å². The quantitative estimate of drug-likeness (QED) is 0.244. The van der Waals surface area contributed by atoms with Gasteiger partial charge in [0.1, 0.15) is 23.7 Å². The van der Waals surface area contributed by atoms with E-state index in [1.54, 1.807) is 12.1 Å². The average molecular weight is 495 g/mol. The number of carbonyl (C=O) groups excluding carboxylic acids is 1. The molecule has 37 heavy (non-hydrogen) atoms. The summed E-state index contributed by atoms with van der Waals surface area (Å²) < 4.78 is 19.7. The number of amides is 1. The molecule has 0 saturated heterocycles. The first-order valence-corrected chi connectivity index (χ1v) is 12.2. The molecule has 0 saturated carbocycles. The number of nitrogens with one attached hydrogen (secondary N) is 2. The third-order valence-corrected chi connectivity index (χ3v) is 5.91. The van der Waals surface area contributed by atoms with Gasteiger partial charge in [-0.2, -0.15) is 0 Å². The average Bonchev–Trinajstić information content (AvgIpc) is 3.28. The molecular weight excluding hydrogens is 467 g/mol. The van der Waals surface area contributed by atoms with Gasteiger partial charge in [0.25, 0.3) is 0 Å². The maximum atomic E-state index is 13.4. The third-order valence-electron chi connectivity index (χ3n) is 5.91. The van der Waals surface area contributed by atoms with E-state index in [0.717, 1.165) is 34.4 Å². The van der Waals surface area contributed by atoms with Crippen LogP contribution in [0.4, 0.5) is 15.9 Å². The molecule has 2 N–H and O–H groups in total. The van der Waals surface area contributed by atoms with Crippen LogP contribution in [0.3, 0.4) is 0 Å². The van der Waals surface area contributed by atoms with Crippen LogP contribution < -0.4 is 10.6 Å². The molecule has 0 atom stereocenters. The molecule has 186 valence electrons. The Kier molecular flexibility index (Phi) is 6.94. The van der Waals surface area contributed by atoms with E-state index in [0.29, 0.717) is 28.6 Å². The maximum absolute atomic E-state index is 13.4. The Labute approximate surface area is 214 Å². The van der Waals surface area contributed by atoms with E-state index in [1.165, 1.54) is 18.5 Å². The highest BCUT2D eigenvalue weighted by Gasteiger charge is 2.22. The molecule has 0 bridgehead atoms. The molecule has 7 heteroatoms. The van der Waals surface area contributed by atoms with Gasteiger partial charge in [0.15, 0.2) is 0 Å². The number of nitrogens with zero attached hydrogens (tertiary/aromatic N) is 2. The van der Waals surface area contributed by atoms with E-state index in [2.05, 4.69) is 34.4 Å². The minimum Gasteiger partial charge on any atom is -0.437 e. The fourth-order valence-electron chi connectivity index (χ4n) is 4.19. The number of carbonyl (C=O) groups is 1. The first kappa shape index (κ1) is 24.2. The number of rotatable bonds is 8. The van der Waals surface area contributed by atoms with E-state index in [4.69, 9.17) is 4.42 Å². The van der Waals surface area contributed by atoms with Gasteiger partial charge in [0.05, 0.1) is 11.8 Å². The summed E-state index contributed by atoms with van der Waals surface area (Å²) in [5, 5.41) is 7.14. The summed E-state index contributed by atoms with van der Waals surface area (Å²) >= 11 is 0. The number of furan rings is 1. The molecule has 0 aliphatic rings. The molecule has 6 nitrogen and oxygen atoms in total. The number of anilines is 2. The molecule has 0 aliphatic carbocycles. The highest BCUT2D eigenvalue weighted by atomic mass is 19.1. The lowest BCUT2D eigenvalue weighted by Gasteiger charge is -2.10. The van der Waals surface area contributed by atoms with Crippen LogP contribution >= 0.6 is 0 Å². The van der Waals surface area contributed by atoms with Crippen LogP contribution in [-0.4, -0.2) is 22.4 Å². The van der Waals surface area contributed by atoms with Crippen LogP contribution in [0.1, 0.15) is 19.4 Å². The smallest absolute Gasteiger partial charge is 0.232 e. The maximum Gasteiger partial charge on any atom is 0.232 e. The normalized spacial score (nSPS) is 11.1. The third kappa shape index (κ3) is 5.51. The number of benzene rings is 3. The summed E-state index contributed by atoms with van der Waals surface area (Å²) in [5.74, 6) is 1.27. The first-order valence-electron chi connectivity index (χ1n) is 12.2. The lowest BCUT2D eigenvalue weighted by Crippen LogP contribution is -2.14. The molecule has 1 amide bonds. The minimum absolute atomic E-state index is 0.0893. The van der Waals surface area contributed by atoms with Gasteiger partial charge in [0.2, 0.25) is 11.6 Å². The van der Waals surface area contributed by atoms with E-state index in [9.17, 15) is 9.18 Å². The predicted molar refractivity (Wildman–Crippen MR) is 145 cm³/mol. The Bertz CT molecular complexity index is 1530. The summed E-state index contributed by atoms with van der Waals surface area (Å²) in [6.07, 6.45) is 1.59. The highest BCUT2D eigenvalue weighted by molar-refractivity contribution is 6.06. The molecule has 0 unspecified atom stereocenters. The van der Waals surface area contributed by atoms with Crippen molar-refractivity contribution in [3.05, 3.63) is 96.6 Å². The highest BCUT2D eigenvalue weighted by Crippen LogP contribution is 2.42. The number of aromatic nitrogens is 2. The predicted octanol–water partition coefficient (Wildman–Crippen LogP) is 6.95. The molecule has 0 radical (unpaired) electrons.